The number of cyclic esters (lactones) is 1. The number of rotatable bonds is 3. The number of carbonyl (C=O) groups excluding carboxylic acids is 1. The number of aliphatic hydroxyl groups is 1. The number of fused-ring (bicyclic) bond motifs is 2. The fourth-order valence-electron chi connectivity index (χ4n) is 4.19. The Bertz CT molecular complexity index is 601. The molecule has 4 nitrogen and oxygen atoms in total. The molecular weight excluding hydrogens is 304 g/mol. The summed E-state index contributed by atoms with van der Waals surface area (Å²) in [5, 5.41) is 10.1. The lowest BCUT2D eigenvalue weighted by molar-refractivity contribution is -0.149. The zero-order valence-corrected chi connectivity index (χ0v) is 14.9. The van der Waals surface area contributed by atoms with E-state index in [-0.39, 0.29) is 36.1 Å². The van der Waals surface area contributed by atoms with Gasteiger partial charge in [0.15, 0.2) is 5.60 Å². The fraction of sp³-hybridized carbons (Fsp3) is 0.650. The van der Waals surface area contributed by atoms with Gasteiger partial charge in [-0.1, -0.05) is 29.9 Å². The third-order valence-electron chi connectivity index (χ3n) is 5.78. The Morgan fingerprint density at radius 3 is 2.83 bits per heavy atom. The van der Waals surface area contributed by atoms with Gasteiger partial charge in [-0.2, -0.15) is 0 Å². The van der Waals surface area contributed by atoms with E-state index in [1.807, 2.05) is 32.1 Å². The standard InChI is InChI=1S/C20H28O4/c1-13(2)6-5-10-20(12-21)15-9-11-19(4)16(23-19)8-7-14(3)17(15)18(22)24-20/h5-6,10,15-17,21H,3,7-9,11-12H2,1-2,4H3/b10-5+/t15-,16-,17-,19-,20+/m0/s1. The van der Waals surface area contributed by atoms with Crippen LogP contribution in [0.15, 0.2) is 36.0 Å². The molecule has 2 aliphatic heterocycles. The van der Waals surface area contributed by atoms with Crippen molar-refractivity contribution in [1.82, 2.24) is 0 Å². The molecule has 0 aromatic heterocycles. The van der Waals surface area contributed by atoms with E-state index in [0.717, 1.165) is 36.8 Å². The molecule has 1 saturated carbocycles. The molecule has 4 heteroatoms. The van der Waals surface area contributed by atoms with Crippen molar-refractivity contribution in [2.45, 2.75) is 63.8 Å². The van der Waals surface area contributed by atoms with Gasteiger partial charge in [-0.05, 0) is 52.5 Å². The second-order valence-corrected chi connectivity index (χ2v) is 7.88. The minimum atomic E-state index is -0.957. The molecule has 1 aliphatic carbocycles. The van der Waals surface area contributed by atoms with Gasteiger partial charge in [0.2, 0.25) is 0 Å². The van der Waals surface area contributed by atoms with Crippen molar-refractivity contribution >= 4 is 5.97 Å². The Balaban J connectivity index is 1.92. The lowest BCUT2D eigenvalue weighted by Gasteiger charge is -2.31. The van der Waals surface area contributed by atoms with Crippen LogP contribution in [-0.2, 0) is 14.3 Å². The largest absolute Gasteiger partial charge is 0.452 e. The maximum atomic E-state index is 12.6. The van der Waals surface area contributed by atoms with Gasteiger partial charge in [-0.3, -0.25) is 4.79 Å². The normalized spacial score (nSPS) is 41.8. The average molecular weight is 332 g/mol. The SMILES string of the molecule is C=C1CC[C@@H]2O[C@@]2(C)CC[C@H]2[C@H]1C(=O)O[C@]2(/C=C/C=C(C)C)CO. The van der Waals surface area contributed by atoms with Crippen LogP contribution < -0.4 is 0 Å². The van der Waals surface area contributed by atoms with Crippen LogP contribution in [-0.4, -0.2) is 35.0 Å². The van der Waals surface area contributed by atoms with Crippen molar-refractivity contribution < 1.29 is 19.4 Å². The van der Waals surface area contributed by atoms with Gasteiger partial charge in [-0.25, -0.2) is 0 Å². The van der Waals surface area contributed by atoms with E-state index in [4.69, 9.17) is 9.47 Å². The van der Waals surface area contributed by atoms with Gasteiger partial charge < -0.3 is 14.6 Å². The van der Waals surface area contributed by atoms with Crippen LogP contribution in [0.5, 0.6) is 0 Å². The second-order valence-electron chi connectivity index (χ2n) is 7.88. The second kappa shape index (κ2) is 6.16. The lowest BCUT2D eigenvalue weighted by Crippen LogP contribution is -2.39. The highest BCUT2D eigenvalue weighted by Gasteiger charge is 2.58. The van der Waals surface area contributed by atoms with Crippen molar-refractivity contribution in [2.24, 2.45) is 11.8 Å². The molecule has 3 fully saturated rings. The number of ether oxygens (including phenoxy) is 2. The molecule has 24 heavy (non-hydrogen) atoms. The molecule has 0 unspecified atom stereocenters. The summed E-state index contributed by atoms with van der Waals surface area (Å²) >= 11 is 0. The number of aliphatic hydroxyl groups excluding tert-OH is 1. The molecule has 0 aromatic rings. The van der Waals surface area contributed by atoms with E-state index in [1.54, 1.807) is 0 Å². The monoisotopic (exact) mass is 332 g/mol. The molecule has 0 bridgehead atoms. The predicted molar refractivity (Wildman–Crippen MR) is 92.3 cm³/mol. The summed E-state index contributed by atoms with van der Waals surface area (Å²) < 4.78 is 11.6. The number of hydrogen-bond donors (Lipinski definition) is 1. The molecule has 0 amide bonds. The van der Waals surface area contributed by atoms with E-state index < -0.39 is 5.60 Å². The van der Waals surface area contributed by atoms with Gasteiger partial charge in [0.05, 0.1) is 24.2 Å². The van der Waals surface area contributed by atoms with Crippen LogP contribution >= 0.6 is 0 Å². The molecule has 132 valence electrons. The summed E-state index contributed by atoms with van der Waals surface area (Å²) in [6.07, 6.45) is 9.30. The summed E-state index contributed by atoms with van der Waals surface area (Å²) in [6, 6.07) is 0. The van der Waals surface area contributed by atoms with Crippen molar-refractivity contribution in [2.75, 3.05) is 6.61 Å². The first-order valence-electron chi connectivity index (χ1n) is 8.83. The molecule has 1 N–H and O–H groups in total. The minimum Gasteiger partial charge on any atom is -0.452 e. The first kappa shape index (κ1) is 17.4. The quantitative estimate of drug-likeness (QED) is 0.373. The van der Waals surface area contributed by atoms with Crippen molar-refractivity contribution in [3.63, 3.8) is 0 Å². The van der Waals surface area contributed by atoms with Gasteiger partial charge in [0.25, 0.3) is 0 Å². The molecule has 3 rings (SSSR count). The first-order valence-corrected chi connectivity index (χ1v) is 8.83. The zero-order chi connectivity index (χ0) is 17.5. The number of hydrogen-bond acceptors (Lipinski definition) is 4. The van der Waals surface area contributed by atoms with E-state index in [1.165, 1.54) is 0 Å². The van der Waals surface area contributed by atoms with Crippen LogP contribution in [0.3, 0.4) is 0 Å². The van der Waals surface area contributed by atoms with Crippen molar-refractivity contribution in [3.8, 4) is 0 Å². The third-order valence-corrected chi connectivity index (χ3v) is 5.78. The third kappa shape index (κ3) is 2.98. The highest BCUT2D eigenvalue weighted by molar-refractivity contribution is 5.79. The maximum absolute atomic E-state index is 12.6. The van der Waals surface area contributed by atoms with Gasteiger partial charge in [0, 0.05) is 5.92 Å². The lowest BCUT2D eigenvalue weighted by atomic mass is 9.74. The molecule has 5 atom stereocenters. The smallest absolute Gasteiger partial charge is 0.314 e. The van der Waals surface area contributed by atoms with E-state index >= 15 is 0 Å². The molecule has 0 spiro atoms. The highest BCUT2D eigenvalue weighted by atomic mass is 16.6. The first-order chi connectivity index (χ1) is 11.3. The van der Waals surface area contributed by atoms with Gasteiger partial charge >= 0.3 is 5.97 Å². The van der Waals surface area contributed by atoms with Crippen LogP contribution in [0.1, 0.15) is 46.5 Å². The topological polar surface area (TPSA) is 59.1 Å². The Labute approximate surface area is 144 Å². The molecule has 2 heterocycles. The highest BCUT2D eigenvalue weighted by Crippen LogP contribution is 2.52. The summed E-state index contributed by atoms with van der Waals surface area (Å²) in [4.78, 5) is 12.6. The Hall–Kier alpha value is -1.39. The summed E-state index contributed by atoms with van der Waals surface area (Å²) in [5.74, 6) is -0.666. The number of esters is 1. The van der Waals surface area contributed by atoms with Gasteiger partial charge in [-0.15, -0.1) is 0 Å². The van der Waals surface area contributed by atoms with E-state index in [9.17, 15) is 9.90 Å². The van der Waals surface area contributed by atoms with Crippen molar-refractivity contribution in [3.05, 3.63) is 36.0 Å². The van der Waals surface area contributed by atoms with Crippen LogP contribution in [0.4, 0.5) is 0 Å². The molecular formula is C20H28O4. The number of carbonyl (C=O) groups is 1. The molecule has 3 aliphatic rings. The minimum absolute atomic E-state index is 0.0916. The molecule has 0 aromatic carbocycles. The Kier molecular flexibility index (Phi) is 4.47. The average Bonchev–Trinajstić information content (AvgIpc) is 3.06. The molecule has 0 radical (unpaired) electrons. The van der Waals surface area contributed by atoms with E-state index in [2.05, 4.69) is 13.5 Å². The Morgan fingerprint density at radius 2 is 2.17 bits per heavy atom. The zero-order valence-electron chi connectivity index (χ0n) is 14.9. The molecule has 2 saturated heterocycles. The van der Waals surface area contributed by atoms with Crippen LogP contribution in [0, 0.1) is 11.8 Å². The summed E-state index contributed by atoms with van der Waals surface area (Å²) in [5.41, 5.74) is 1.02. The number of epoxide rings is 1. The van der Waals surface area contributed by atoms with Crippen molar-refractivity contribution in [1.29, 1.82) is 0 Å². The van der Waals surface area contributed by atoms with E-state index in [0.29, 0.717) is 0 Å². The predicted octanol–water partition coefficient (Wildman–Crippen LogP) is 3.32. The van der Waals surface area contributed by atoms with Crippen LogP contribution in [0.25, 0.3) is 0 Å². The van der Waals surface area contributed by atoms with Gasteiger partial charge in [0.1, 0.15) is 0 Å². The summed E-state index contributed by atoms with van der Waals surface area (Å²) in [7, 11) is 0. The Morgan fingerprint density at radius 1 is 1.42 bits per heavy atom. The summed E-state index contributed by atoms with van der Waals surface area (Å²) in [6.45, 7) is 10.1. The maximum Gasteiger partial charge on any atom is 0.314 e. The fourth-order valence-corrected chi connectivity index (χ4v) is 4.19. The number of allylic oxidation sites excluding steroid dienone is 3. The van der Waals surface area contributed by atoms with Crippen LogP contribution in [0.2, 0.25) is 0 Å².